The van der Waals surface area contributed by atoms with Crippen molar-refractivity contribution in [3.05, 3.63) is 53.6 Å². The molecular formula is C19H22N2O3. The zero-order valence-electron chi connectivity index (χ0n) is 14.3. The molecule has 0 radical (unpaired) electrons. The van der Waals surface area contributed by atoms with Crippen molar-refractivity contribution in [1.82, 2.24) is 0 Å². The Morgan fingerprint density at radius 2 is 1.58 bits per heavy atom. The second-order valence-electron chi connectivity index (χ2n) is 6.73. The third-order valence-corrected chi connectivity index (χ3v) is 3.54. The Morgan fingerprint density at radius 3 is 2.12 bits per heavy atom. The molecule has 0 spiro atoms. The van der Waals surface area contributed by atoms with E-state index in [-0.39, 0.29) is 17.6 Å². The first-order valence-corrected chi connectivity index (χ1v) is 7.69. The minimum absolute atomic E-state index is 0.0839. The third kappa shape index (κ3) is 4.35. The summed E-state index contributed by atoms with van der Waals surface area (Å²) in [5.41, 5.74) is 2.07. The molecule has 0 aliphatic carbocycles. The first kappa shape index (κ1) is 17.5. The molecule has 0 saturated carbocycles. The van der Waals surface area contributed by atoms with Crippen LogP contribution in [0.2, 0.25) is 0 Å². The van der Waals surface area contributed by atoms with Crippen LogP contribution in [0.15, 0.2) is 42.5 Å². The molecule has 0 heterocycles. The molecule has 126 valence electrons. The molecule has 2 aromatic rings. The smallest absolute Gasteiger partial charge is 0.255 e. The van der Waals surface area contributed by atoms with Crippen molar-refractivity contribution < 1.29 is 14.7 Å². The van der Waals surface area contributed by atoms with Gasteiger partial charge in [-0.25, -0.2) is 0 Å². The van der Waals surface area contributed by atoms with E-state index in [0.717, 1.165) is 5.56 Å². The molecule has 0 unspecified atom stereocenters. The van der Waals surface area contributed by atoms with E-state index in [1.807, 2.05) is 20.8 Å². The number of hydrogen-bond donors (Lipinski definition) is 3. The van der Waals surface area contributed by atoms with Crippen LogP contribution in [0, 0.1) is 12.3 Å². The van der Waals surface area contributed by atoms with E-state index in [0.29, 0.717) is 16.9 Å². The van der Waals surface area contributed by atoms with E-state index in [4.69, 9.17) is 0 Å². The van der Waals surface area contributed by atoms with Crippen LogP contribution in [0.1, 0.15) is 36.7 Å². The van der Waals surface area contributed by atoms with E-state index >= 15 is 0 Å². The lowest BCUT2D eigenvalue weighted by Crippen LogP contribution is -2.27. The van der Waals surface area contributed by atoms with Gasteiger partial charge in [-0.15, -0.1) is 0 Å². The largest absolute Gasteiger partial charge is 0.508 e. The Morgan fingerprint density at radius 1 is 0.958 bits per heavy atom. The Bertz CT molecular complexity index is 759. The average molecular weight is 326 g/mol. The number of aryl methyl sites for hydroxylation is 1. The maximum atomic E-state index is 12.3. The molecule has 0 aliphatic heterocycles. The minimum atomic E-state index is -0.480. The summed E-state index contributed by atoms with van der Waals surface area (Å²) in [5.74, 6) is -0.179. The molecule has 0 aliphatic rings. The van der Waals surface area contributed by atoms with Crippen LogP contribution in [0.4, 0.5) is 11.4 Å². The summed E-state index contributed by atoms with van der Waals surface area (Å²) in [6.07, 6.45) is 0. The number of carbonyl (C=O) groups excluding carboxylic acids is 2. The Hall–Kier alpha value is -2.82. The van der Waals surface area contributed by atoms with Gasteiger partial charge in [-0.1, -0.05) is 20.8 Å². The van der Waals surface area contributed by atoms with Crippen molar-refractivity contribution in [1.29, 1.82) is 0 Å². The van der Waals surface area contributed by atoms with Crippen LogP contribution in [0.25, 0.3) is 0 Å². The number of benzene rings is 2. The number of phenols is 1. The molecule has 0 saturated heterocycles. The van der Waals surface area contributed by atoms with Crippen LogP contribution in [0.5, 0.6) is 5.75 Å². The number of carbonyl (C=O) groups is 2. The average Bonchev–Trinajstić information content (AvgIpc) is 2.49. The van der Waals surface area contributed by atoms with Gasteiger partial charge in [0.1, 0.15) is 5.75 Å². The third-order valence-electron chi connectivity index (χ3n) is 3.54. The Kier molecular flexibility index (Phi) is 4.93. The van der Waals surface area contributed by atoms with E-state index in [9.17, 15) is 14.7 Å². The van der Waals surface area contributed by atoms with Crippen LogP contribution < -0.4 is 10.6 Å². The summed E-state index contributed by atoms with van der Waals surface area (Å²) in [5, 5.41) is 15.0. The molecule has 0 bridgehead atoms. The molecule has 24 heavy (non-hydrogen) atoms. The first-order valence-electron chi connectivity index (χ1n) is 7.69. The molecular weight excluding hydrogens is 304 g/mol. The van der Waals surface area contributed by atoms with Gasteiger partial charge in [0, 0.05) is 22.4 Å². The number of rotatable bonds is 3. The fourth-order valence-corrected chi connectivity index (χ4v) is 2.01. The molecule has 0 aromatic heterocycles. The van der Waals surface area contributed by atoms with E-state index in [1.54, 1.807) is 43.3 Å². The fraction of sp³-hybridized carbons (Fsp3) is 0.263. The molecule has 5 nitrogen and oxygen atoms in total. The predicted octanol–water partition coefficient (Wildman–Crippen LogP) is 3.94. The van der Waals surface area contributed by atoms with Gasteiger partial charge in [-0.3, -0.25) is 9.59 Å². The molecule has 0 fully saturated rings. The number of nitrogens with one attached hydrogen (secondary N) is 2. The Labute approximate surface area is 141 Å². The van der Waals surface area contributed by atoms with Gasteiger partial charge in [0.25, 0.3) is 5.91 Å². The minimum Gasteiger partial charge on any atom is -0.508 e. The summed E-state index contributed by atoms with van der Waals surface area (Å²) >= 11 is 0. The van der Waals surface area contributed by atoms with Gasteiger partial charge < -0.3 is 15.7 Å². The van der Waals surface area contributed by atoms with Crippen molar-refractivity contribution >= 4 is 23.2 Å². The highest BCUT2D eigenvalue weighted by Gasteiger charge is 2.21. The lowest BCUT2D eigenvalue weighted by atomic mass is 9.95. The lowest BCUT2D eigenvalue weighted by molar-refractivity contribution is -0.123. The lowest BCUT2D eigenvalue weighted by Gasteiger charge is -2.17. The van der Waals surface area contributed by atoms with Crippen molar-refractivity contribution in [2.24, 2.45) is 5.41 Å². The second kappa shape index (κ2) is 6.74. The van der Waals surface area contributed by atoms with Crippen LogP contribution in [-0.2, 0) is 4.79 Å². The summed E-state index contributed by atoms with van der Waals surface area (Å²) < 4.78 is 0. The number of anilines is 2. The highest BCUT2D eigenvalue weighted by molar-refractivity contribution is 6.05. The predicted molar refractivity (Wildman–Crippen MR) is 95.3 cm³/mol. The number of amides is 2. The zero-order valence-corrected chi connectivity index (χ0v) is 14.3. The van der Waals surface area contributed by atoms with Gasteiger partial charge in [0.15, 0.2) is 0 Å². The maximum absolute atomic E-state index is 12.3. The first-order chi connectivity index (χ1) is 11.2. The summed E-state index contributed by atoms with van der Waals surface area (Å²) in [6, 6.07) is 11.5. The number of aromatic hydroxyl groups is 1. The van der Waals surface area contributed by atoms with Gasteiger partial charge in [-0.2, -0.15) is 0 Å². The summed E-state index contributed by atoms with van der Waals surface area (Å²) in [6.45, 7) is 7.32. The molecule has 0 atom stereocenters. The van der Waals surface area contributed by atoms with Crippen LogP contribution in [0.3, 0.4) is 0 Å². The quantitative estimate of drug-likeness (QED) is 0.748. The second-order valence-corrected chi connectivity index (χ2v) is 6.73. The van der Waals surface area contributed by atoms with E-state index in [2.05, 4.69) is 10.6 Å². The monoisotopic (exact) mass is 326 g/mol. The molecule has 3 N–H and O–H groups in total. The van der Waals surface area contributed by atoms with Crippen molar-refractivity contribution in [2.45, 2.75) is 27.7 Å². The normalized spacial score (nSPS) is 11.0. The van der Waals surface area contributed by atoms with E-state index in [1.165, 1.54) is 6.07 Å². The molecule has 2 amide bonds. The van der Waals surface area contributed by atoms with Crippen LogP contribution >= 0.6 is 0 Å². The van der Waals surface area contributed by atoms with Crippen molar-refractivity contribution in [2.75, 3.05) is 10.6 Å². The fourth-order valence-electron chi connectivity index (χ4n) is 2.01. The van der Waals surface area contributed by atoms with Crippen LogP contribution in [-0.4, -0.2) is 16.9 Å². The molecule has 2 aromatic carbocycles. The molecule has 2 rings (SSSR count). The Balaban J connectivity index is 2.07. The van der Waals surface area contributed by atoms with Gasteiger partial charge in [0.2, 0.25) is 5.91 Å². The standard InChI is InChI=1S/C19H22N2O3/c1-12-11-15(22)9-10-16(12)21-17(23)13-5-7-14(8-6-13)20-18(24)19(2,3)4/h5-11,22H,1-4H3,(H,20,24)(H,21,23). The van der Waals surface area contributed by atoms with Gasteiger partial charge in [0.05, 0.1) is 0 Å². The maximum Gasteiger partial charge on any atom is 0.255 e. The molecule has 5 heteroatoms. The van der Waals surface area contributed by atoms with Crippen molar-refractivity contribution in [3.8, 4) is 5.75 Å². The summed E-state index contributed by atoms with van der Waals surface area (Å²) in [4.78, 5) is 24.2. The van der Waals surface area contributed by atoms with E-state index < -0.39 is 5.41 Å². The van der Waals surface area contributed by atoms with Crippen molar-refractivity contribution in [3.63, 3.8) is 0 Å². The summed E-state index contributed by atoms with van der Waals surface area (Å²) in [7, 11) is 0. The van der Waals surface area contributed by atoms with Gasteiger partial charge in [-0.05, 0) is 55.0 Å². The van der Waals surface area contributed by atoms with Gasteiger partial charge >= 0.3 is 0 Å². The highest BCUT2D eigenvalue weighted by Crippen LogP contribution is 2.21. The number of phenolic OH excluding ortho intramolecular Hbond substituents is 1. The highest BCUT2D eigenvalue weighted by atomic mass is 16.3. The topological polar surface area (TPSA) is 78.4 Å². The zero-order chi connectivity index (χ0) is 17.9. The number of hydrogen-bond acceptors (Lipinski definition) is 3. The SMILES string of the molecule is Cc1cc(O)ccc1NC(=O)c1ccc(NC(=O)C(C)(C)C)cc1.